The first kappa shape index (κ1) is 29.2. The van der Waals surface area contributed by atoms with Gasteiger partial charge in [0.25, 0.3) is 0 Å². The Morgan fingerprint density at radius 3 is 2.57 bits per heavy atom. The number of likely N-dealkylation sites (tertiary alicyclic amines) is 1. The van der Waals surface area contributed by atoms with Gasteiger partial charge >= 0.3 is 0 Å². The molecule has 5 rings (SSSR count). The molecule has 0 spiro atoms. The Labute approximate surface area is 232 Å². The molecule has 3 aromatic rings. The molecule has 2 fully saturated rings. The molecule has 9 heteroatoms. The molecule has 1 saturated heterocycles. The van der Waals surface area contributed by atoms with Crippen LogP contribution >= 0.6 is 24.8 Å². The molecule has 1 aromatic carbocycles. The number of ether oxygens (including phenoxy) is 1. The van der Waals surface area contributed by atoms with Gasteiger partial charge in [-0.25, -0.2) is 0 Å². The van der Waals surface area contributed by atoms with E-state index in [1.807, 2.05) is 12.1 Å². The first-order chi connectivity index (χ1) is 17.1. The van der Waals surface area contributed by atoms with Crippen LogP contribution in [0.4, 0.5) is 0 Å². The Morgan fingerprint density at radius 1 is 1.08 bits per heavy atom. The van der Waals surface area contributed by atoms with Crippen LogP contribution in [-0.4, -0.2) is 53.7 Å². The van der Waals surface area contributed by atoms with E-state index >= 15 is 0 Å². The molecule has 3 heterocycles. The highest BCUT2D eigenvalue weighted by Crippen LogP contribution is 2.35. The maximum atomic E-state index is 9.32. The fourth-order valence-electron chi connectivity index (χ4n) is 5.02. The zero-order valence-electron chi connectivity index (χ0n) is 21.7. The topological polar surface area (TPSA) is 78.4 Å². The van der Waals surface area contributed by atoms with Crippen molar-refractivity contribution in [3.05, 3.63) is 53.0 Å². The minimum atomic E-state index is 0. The van der Waals surface area contributed by atoms with E-state index in [0.29, 0.717) is 17.4 Å². The van der Waals surface area contributed by atoms with Crippen molar-refractivity contribution in [3.63, 3.8) is 0 Å². The van der Waals surface area contributed by atoms with Crippen molar-refractivity contribution in [1.82, 2.24) is 19.9 Å². The smallest absolute Gasteiger partial charge is 0.175 e. The van der Waals surface area contributed by atoms with Crippen LogP contribution in [0, 0.1) is 23.2 Å². The molecule has 0 unspecified atom stereocenters. The highest BCUT2D eigenvalue weighted by molar-refractivity contribution is 5.86. The van der Waals surface area contributed by atoms with Gasteiger partial charge in [0.05, 0.1) is 29.1 Å². The summed E-state index contributed by atoms with van der Waals surface area (Å²) < 4.78 is 12.1. The lowest BCUT2D eigenvalue weighted by Gasteiger charge is -2.31. The Morgan fingerprint density at radius 2 is 1.86 bits per heavy atom. The summed E-state index contributed by atoms with van der Waals surface area (Å²) in [5.41, 5.74) is 4.61. The molecule has 200 valence electrons. The predicted octanol–water partition coefficient (Wildman–Crippen LogP) is 5.63. The van der Waals surface area contributed by atoms with Crippen LogP contribution in [0.25, 0.3) is 11.0 Å². The molecule has 0 N–H and O–H groups in total. The maximum absolute atomic E-state index is 9.32. The molecular formula is C28H37Cl2N5O2. The van der Waals surface area contributed by atoms with E-state index in [-0.39, 0.29) is 24.8 Å². The van der Waals surface area contributed by atoms with Crippen LogP contribution in [0.1, 0.15) is 54.6 Å². The second-order valence-electron chi connectivity index (χ2n) is 10.4. The molecule has 1 aliphatic carbocycles. The highest BCUT2D eigenvalue weighted by Gasteiger charge is 2.25. The van der Waals surface area contributed by atoms with Gasteiger partial charge in [-0.2, -0.15) is 5.26 Å². The summed E-state index contributed by atoms with van der Waals surface area (Å²) in [7, 11) is 4.14. The van der Waals surface area contributed by atoms with Crippen molar-refractivity contribution in [3.8, 4) is 11.8 Å². The van der Waals surface area contributed by atoms with E-state index in [4.69, 9.17) is 9.26 Å². The molecular weight excluding hydrogens is 509 g/mol. The number of halogens is 2. The van der Waals surface area contributed by atoms with Gasteiger partial charge in [0.1, 0.15) is 11.8 Å². The third-order valence-corrected chi connectivity index (χ3v) is 7.30. The molecule has 37 heavy (non-hydrogen) atoms. The van der Waals surface area contributed by atoms with Gasteiger partial charge in [-0.1, -0.05) is 5.16 Å². The summed E-state index contributed by atoms with van der Waals surface area (Å²) >= 11 is 0. The van der Waals surface area contributed by atoms with Crippen LogP contribution in [0.3, 0.4) is 0 Å². The lowest BCUT2D eigenvalue weighted by atomic mass is 9.91. The molecule has 0 bridgehead atoms. The van der Waals surface area contributed by atoms with Gasteiger partial charge < -0.3 is 14.2 Å². The summed E-state index contributed by atoms with van der Waals surface area (Å²) in [6.07, 6.45) is 8.70. The number of hydrogen-bond acceptors (Lipinski definition) is 7. The number of pyridine rings is 1. The fourth-order valence-corrected chi connectivity index (χ4v) is 5.02. The second-order valence-corrected chi connectivity index (χ2v) is 10.4. The first-order valence-electron chi connectivity index (χ1n) is 12.8. The summed E-state index contributed by atoms with van der Waals surface area (Å²) in [6, 6.07) is 10.2. The van der Waals surface area contributed by atoms with Gasteiger partial charge in [0, 0.05) is 24.7 Å². The first-order valence-corrected chi connectivity index (χ1v) is 12.8. The van der Waals surface area contributed by atoms with Crippen LogP contribution < -0.4 is 4.74 Å². The number of rotatable bonds is 10. The summed E-state index contributed by atoms with van der Waals surface area (Å²) in [4.78, 5) is 8.99. The summed E-state index contributed by atoms with van der Waals surface area (Å²) in [5, 5.41) is 14.9. The van der Waals surface area contributed by atoms with Crippen molar-refractivity contribution in [2.24, 2.45) is 11.8 Å². The lowest BCUT2D eigenvalue weighted by Crippen LogP contribution is -2.33. The van der Waals surface area contributed by atoms with Crippen LogP contribution in [0.15, 0.2) is 35.0 Å². The highest BCUT2D eigenvalue weighted by atomic mass is 35.5. The van der Waals surface area contributed by atoms with E-state index in [2.05, 4.69) is 52.2 Å². The van der Waals surface area contributed by atoms with Crippen molar-refractivity contribution < 1.29 is 9.26 Å². The molecule has 0 atom stereocenters. The Kier molecular flexibility index (Phi) is 10.6. The molecule has 2 aliphatic rings. The van der Waals surface area contributed by atoms with Crippen LogP contribution in [0.2, 0.25) is 0 Å². The number of fused-ring (bicyclic) bond motifs is 1. The van der Waals surface area contributed by atoms with E-state index in [9.17, 15) is 5.26 Å². The summed E-state index contributed by atoms with van der Waals surface area (Å²) in [5.74, 6) is 2.33. The van der Waals surface area contributed by atoms with Crippen molar-refractivity contribution in [1.29, 1.82) is 5.26 Å². The number of piperidine rings is 1. The van der Waals surface area contributed by atoms with Crippen molar-refractivity contribution in [2.45, 2.75) is 51.6 Å². The fraction of sp³-hybridized carbons (Fsp3) is 0.536. The van der Waals surface area contributed by atoms with Gasteiger partial charge in [0.15, 0.2) is 5.58 Å². The van der Waals surface area contributed by atoms with E-state index in [0.717, 1.165) is 92.1 Å². The monoisotopic (exact) mass is 545 g/mol. The van der Waals surface area contributed by atoms with Crippen LogP contribution in [0.5, 0.6) is 5.75 Å². The third-order valence-electron chi connectivity index (χ3n) is 7.30. The van der Waals surface area contributed by atoms with Gasteiger partial charge in [-0.15, -0.1) is 24.8 Å². The Bertz CT molecular complexity index is 1200. The second kappa shape index (κ2) is 13.4. The molecule has 0 amide bonds. The van der Waals surface area contributed by atoms with Crippen molar-refractivity contribution >= 4 is 35.8 Å². The van der Waals surface area contributed by atoms with Crippen LogP contribution in [-0.2, 0) is 19.5 Å². The Hall–Kier alpha value is -2.37. The van der Waals surface area contributed by atoms with E-state index < -0.39 is 0 Å². The average molecular weight is 547 g/mol. The van der Waals surface area contributed by atoms with Gasteiger partial charge in [-0.05, 0) is 102 Å². The standard InChI is InChI=1S/C28H35N5O2.2ClH/c1-32(2)17-24-27(34-19-21-5-6-21)10-8-23-25(31-35-28(23)24)9-7-20-11-14-33(15-12-20)18-26-22(16-29)4-3-13-30-26;;/h3-4,8,10,13,20-21H,5-7,9,11-12,14-15,17-19H2,1-2H3;2*1H. The lowest BCUT2D eigenvalue weighted by molar-refractivity contribution is 0.170. The number of aromatic nitrogens is 2. The minimum Gasteiger partial charge on any atom is -0.493 e. The zero-order chi connectivity index (χ0) is 24.2. The average Bonchev–Trinajstić information content (AvgIpc) is 3.61. The Balaban J connectivity index is 0.00000190. The minimum absolute atomic E-state index is 0. The molecule has 7 nitrogen and oxygen atoms in total. The number of hydrogen-bond donors (Lipinski definition) is 0. The molecule has 2 aromatic heterocycles. The normalized spacial score (nSPS) is 16.3. The van der Waals surface area contributed by atoms with Gasteiger partial charge in [-0.3, -0.25) is 9.88 Å². The number of benzene rings is 1. The molecule has 0 radical (unpaired) electrons. The SMILES string of the molecule is CN(C)Cc1c(OCC2CC2)ccc2c(CCC3CCN(Cc4ncccc4C#N)CC3)noc12.Cl.Cl. The predicted molar refractivity (Wildman–Crippen MR) is 149 cm³/mol. The van der Waals surface area contributed by atoms with Gasteiger partial charge in [0.2, 0.25) is 0 Å². The molecule has 1 saturated carbocycles. The van der Waals surface area contributed by atoms with Crippen molar-refractivity contribution in [2.75, 3.05) is 33.8 Å². The number of aryl methyl sites for hydroxylation is 1. The zero-order valence-corrected chi connectivity index (χ0v) is 23.3. The van der Waals surface area contributed by atoms with E-state index in [1.165, 1.54) is 12.8 Å². The quantitative estimate of drug-likeness (QED) is 0.326. The number of nitriles is 1. The largest absolute Gasteiger partial charge is 0.493 e. The van der Waals surface area contributed by atoms with E-state index in [1.54, 1.807) is 6.20 Å². The maximum Gasteiger partial charge on any atom is 0.175 e. The third kappa shape index (κ3) is 7.36. The summed E-state index contributed by atoms with van der Waals surface area (Å²) in [6.45, 7) is 4.41. The molecule has 1 aliphatic heterocycles. The number of nitrogens with zero attached hydrogens (tertiary/aromatic N) is 5.